The minimum Gasteiger partial charge on any atom is -0.294 e. The van der Waals surface area contributed by atoms with Crippen LogP contribution in [0.4, 0.5) is 0 Å². The first-order valence-corrected chi connectivity index (χ1v) is 7.35. The lowest BCUT2D eigenvalue weighted by Gasteiger charge is -2.05. The predicted molar refractivity (Wildman–Crippen MR) is 86.4 cm³/mol. The molecule has 86 valence electrons. The van der Waals surface area contributed by atoms with Gasteiger partial charge in [0.15, 0.2) is 5.78 Å². The van der Waals surface area contributed by atoms with Crippen molar-refractivity contribution in [2.24, 2.45) is 0 Å². The van der Waals surface area contributed by atoms with E-state index < -0.39 is 0 Å². The maximum absolute atomic E-state index is 12.2. The first-order valence-electron chi connectivity index (χ1n) is 5.19. The van der Waals surface area contributed by atoms with Gasteiger partial charge in [-0.3, -0.25) is 4.79 Å². The third-order valence-electron chi connectivity index (χ3n) is 2.48. The molecule has 0 bridgehead atoms. The zero-order valence-corrected chi connectivity index (χ0v) is 13.3. The molecule has 0 amide bonds. The van der Waals surface area contributed by atoms with E-state index in [1.807, 2.05) is 48.5 Å². The first kappa shape index (κ1) is 13.0. The summed E-state index contributed by atoms with van der Waals surface area (Å²) in [7, 11) is 0. The van der Waals surface area contributed by atoms with E-state index in [2.05, 4.69) is 45.2 Å². The number of benzene rings is 2. The van der Waals surface area contributed by atoms with Crippen LogP contribution < -0.4 is 0 Å². The van der Waals surface area contributed by atoms with Crippen LogP contribution in [0.3, 0.4) is 0 Å². The van der Waals surface area contributed by atoms with Crippen molar-refractivity contribution >= 4 is 51.0 Å². The topological polar surface area (TPSA) is 17.1 Å². The second-order valence-electron chi connectivity index (χ2n) is 3.67. The van der Waals surface area contributed by atoms with Gasteiger partial charge in [0.25, 0.3) is 0 Å². The van der Waals surface area contributed by atoms with Crippen molar-refractivity contribution in [3.8, 4) is 0 Å². The zero-order valence-electron chi connectivity index (χ0n) is 8.99. The van der Waals surface area contributed by atoms with Gasteiger partial charge in [-0.2, -0.15) is 0 Å². The minimum atomic E-state index is 0.180. The van der Waals surface area contributed by atoms with E-state index in [-0.39, 0.29) is 5.78 Å². The number of ketones is 1. The van der Waals surface area contributed by atoms with E-state index in [4.69, 9.17) is 0 Å². The highest BCUT2D eigenvalue weighted by atomic mass is 127. The molecule has 0 aliphatic heterocycles. The van der Waals surface area contributed by atoms with Gasteiger partial charge in [-0.1, -0.05) is 36.4 Å². The van der Waals surface area contributed by atoms with Crippen molar-refractivity contribution in [1.82, 2.24) is 0 Å². The molecule has 0 fully saturated rings. The smallest absolute Gasteiger partial charge is 0.168 e. The predicted octanol–water partition coefficient (Wildman–Crippen LogP) is 4.32. The largest absolute Gasteiger partial charge is 0.294 e. The van der Waals surface area contributed by atoms with Crippen molar-refractivity contribution in [2.45, 2.75) is 6.42 Å². The fourth-order valence-corrected chi connectivity index (χ4v) is 2.86. The van der Waals surface area contributed by atoms with Crippen molar-refractivity contribution in [2.75, 3.05) is 0 Å². The maximum Gasteiger partial charge on any atom is 0.168 e. The monoisotopic (exact) mass is 448 g/mol. The van der Waals surface area contributed by atoms with E-state index in [1.54, 1.807) is 0 Å². The third-order valence-corrected chi connectivity index (χ3v) is 4.48. The minimum absolute atomic E-state index is 0.180. The summed E-state index contributed by atoms with van der Waals surface area (Å²) < 4.78 is 2.16. The van der Waals surface area contributed by atoms with E-state index in [1.165, 1.54) is 0 Å². The fourth-order valence-electron chi connectivity index (χ4n) is 1.60. The van der Waals surface area contributed by atoms with Crippen LogP contribution in [-0.4, -0.2) is 5.78 Å². The van der Waals surface area contributed by atoms with Gasteiger partial charge < -0.3 is 0 Å². The Labute approximate surface area is 128 Å². The van der Waals surface area contributed by atoms with Crippen LogP contribution in [0.15, 0.2) is 48.5 Å². The number of carbonyl (C=O) groups excluding carboxylic acids is 1. The lowest BCUT2D eigenvalue weighted by molar-refractivity contribution is 0.0992. The molecular formula is C14H10I2O. The van der Waals surface area contributed by atoms with Gasteiger partial charge in [0.2, 0.25) is 0 Å². The van der Waals surface area contributed by atoms with Gasteiger partial charge in [0.05, 0.1) is 0 Å². The molecule has 0 N–H and O–H groups in total. The second-order valence-corrected chi connectivity index (χ2v) is 6.00. The van der Waals surface area contributed by atoms with Gasteiger partial charge in [-0.05, 0) is 62.9 Å². The van der Waals surface area contributed by atoms with Gasteiger partial charge >= 0.3 is 0 Å². The van der Waals surface area contributed by atoms with Gasteiger partial charge in [0, 0.05) is 19.1 Å². The molecule has 17 heavy (non-hydrogen) atoms. The maximum atomic E-state index is 12.2. The zero-order chi connectivity index (χ0) is 12.3. The van der Waals surface area contributed by atoms with E-state index in [9.17, 15) is 4.79 Å². The van der Waals surface area contributed by atoms with Crippen LogP contribution in [0, 0.1) is 7.14 Å². The normalized spacial score (nSPS) is 10.2. The SMILES string of the molecule is O=C(Cc1ccccc1I)c1ccccc1I. The molecule has 0 aromatic heterocycles. The number of hydrogen-bond donors (Lipinski definition) is 0. The Morgan fingerprint density at radius 3 is 2.12 bits per heavy atom. The molecule has 3 heteroatoms. The molecule has 0 saturated heterocycles. The molecule has 0 spiro atoms. The van der Waals surface area contributed by atoms with E-state index >= 15 is 0 Å². The molecule has 0 aliphatic carbocycles. The van der Waals surface area contributed by atoms with Crippen LogP contribution in [0.5, 0.6) is 0 Å². The molecule has 0 aliphatic rings. The standard InChI is InChI=1S/C14H10I2O/c15-12-7-3-1-5-10(12)9-14(17)11-6-2-4-8-13(11)16/h1-8H,9H2. The van der Waals surface area contributed by atoms with Gasteiger partial charge in [0.1, 0.15) is 0 Å². The lowest BCUT2D eigenvalue weighted by Crippen LogP contribution is -2.06. The molecule has 0 saturated carbocycles. The van der Waals surface area contributed by atoms with Crippen LogP contribution in [-0.2, 0) is 6.42 Å². The van der Waals surface area contributed by atoms with Crippen molar-refractivity contribution in [3.63, 3.8) is 0 Å². The molecule has 2 rings (SSSR count). The fraction of sp³-hybridized carbons (Fsp3) is 0.0714. The average Bonchev–Trinajstić information content (AvgIpc) is 2.32. The highest BCUT2D eigenvalue weighted by Crippen LogP contribution is 2.17. The number of rotatable bonds is 3. The first-order chi connectivity index (χ1) is 8.18. The summed E-state index contributed by atoms with van der Waals surface area (Å²) in [5, 5.41) is 0. The van der Waals surface area contributed by atoms with Gasteiger partial charge in [-0.25, -0.2) is 0 Å². The van der Waals surface area contributed by atoms with Crippen LogP contribution in [0.1, 0.15) is 15.9 Å². The number of hydrogen-bond acceptors (Lipinski definition) is 1. The summed E-state index contributed by atoms with van der Waals surface area (Å²) >= 11 is 4.47. The Kier molecular flexibility index (Phi) is 4.55. The number of halogens is 2. The van der Waals surface area contributed by atoms with Crippen LogP contribution in [0.2, 0.25) is 0 Å². The Bertz CT molecular complexity index is 549. The Morgan fingerprint density at radius 2 is 1.47 bits per heavy atom. The van der Waals surface area contributed by atoms with E-state index in [0.717, 1.165) is 18.3 Å². The summed E-state index contributed by atoms with van der Waals surface area (Å²) in [5.74, 6) is 0.180. The second kappa shape index (κ2) is 5.95. The summed E-state index contributed by atoms with van der Waals surface area (Å²) in [6.07, 6.45) is 0.471. The average molecular weight is 448 g/mol. The molecule has 1 nitrogen and oxygen atoms in total. The Balaban J connectivity index is 2.24. The Hall–Kier alpha value is -0.430. The number of carbonyl (C=O) groups is 1. The van der Waals surface area contributed by atoms with Crippen molar-refractivity contribution in [3.05, 3.63) is 66.8 Å². The molecule has 0 atom stereocenters. The molecule has 0 heterocycles. The highest BCUT2D eigenvalue weighted by molar-refractivity contribution is 14.1. The molecule has 2 aromatic carbocycles. The van der Waals surface area contributed by atoms with Crippen LogP contribution >= 0.6 is 45.2 Å². The Morgan fingerprint density at radius 1 is 0.882 bits per heavy atom. The molecule has 2 aromatic rings. The molecular weight excluding hydrogens is 438 g/mol. The lowest BCUT2D eigenvalue weighted by atomic mass is 10.0. The van der Waals surface area contributed by atoms with Crippen LogP contribution in [0.25, 0.3) is 0 Å². The van der Waals surface area contributed by atoms with Gasteiger partial charge in [-0.15, -0.1) is 0 Å². The molecule has 0 unspecified atom stereocenters. The van der Waals surface area contributed by atoms with Crippen molar-refractivity contribution < 1.29 is 4.79 Å². The van der Waals surface area contributed by atoms with E-state index in [0.29, 0.717) is 6.42 Å². The number of Topliss-reactive ketones (excluding diaryl/α,β-unsaturated/α-hetero) is 1. The highest BCUT2D eigenvalue weighted by Gasteiger charge is 2.11. The summed E-state index contributed by atoms with van der Waals surface area (Å²) in [6, 6.07) is 15.7. The summed E-state index contributed by atoms with van der Waals surface area (Å²) in [5.41, 5.74) is 1.91. The summed E-state index contributed by atoms with van der Waals surface area (Å²) in [4.78, 5) is 12.2. The summed E-state index contributed by atoms with van der Waals surface area (Å²) in [6.45, 7) is 0. The third kappa shape index (κ3) is 3.28. The van der Waals surface area contributed by atoms with Crippen molar-refractivity contribution in [1.29, 1.82) is 0 Å². The quantitative estimate of drug-likeness (QED) is 0.505. The molecule has 0 radical (unpaired) electrons.